The van der Waals surface area contributed by atoms with Crippen LogP contribution in [-0.4, -0.2) is 50.0 Å². The first-order chi connectivity index (χ1) is 11.8. The molecule has 7 heteroatoms. The van der Waals surface area contributed by atoms with E-state index in [2.05, 4.69) is 5.32 Å². The van der Waals surface area contributed by atoms with Gasteiger partial charge >= 0.3 is 6.03 Å². The maximum absolute atomic E-state index is 12.8. The first kappa shape index (κ1) is 18.0. The molecule has 0 spiro atoms. The number of urea groups is 1. The minimum absolute atomic E-state index is 0.224. The fourth-order valence-corrected chi connectivity index (χ4v) is 6.23. The van der Waals surface area contributed by atoms with Crippen LogP contribution in [0.15, 0.2) is 6.07 Å². The molecule has 1 aromatic rings. The Bertz CT molecular complexity index is 804. The number of rotatable bonds is 2. The van der Waals surface area contributed by atoms with Crippen molar-refractivity contribution in [2.24, 2.45) is 0 Å². The number of methoxy groups -OCH3 is 1. The molecule has 2 amide bonds. The Morgan fingerprint density at radius 2 is 1.84 bits per heavy atom. The molecule has 2 bridgehead atoms. The lowest BCUT2D eigenvalue weighted by Gasteiger charge is -2.25. The van der Waals surface area contributed by atoms with E-state index in [1.807, 2.05) is 26.8 Å². The number of carbonyl (C=O) groups is 1. The lowest BCUT2D eigenvalue weighted by Crippen LogP contribution is -2.40. The maximum atomic E-state index is 12.8. The fourth-order valence-electron chi connectivity index (χ4n) is 3.93. The molecular formula is C18H26N2O4S. The Kier molecular flexibility index (Phi) is 4.70. The summed E-state index contributed by atoms with van der Waals surface area (Å²) in [5.74, 6) is 0.797. The van der Waals surface area contributed by atoms with E-state index in [0.29, 0.717) is 19.4 Å². The molecule has 2 fully saturated rings. The van der Waals surface area contributed by atoms with E-state index in [9.17, 15) is 13.2 Å². The third kappa shape index (κ3) is 3.10. The molecule has 2 aliphatic heterocycles. The van der Waals surface area contributed by atoms with Crippen LogP contribution in [-0.2, 0) is 9.84 Å². The molecular weight excluding hydrogens is 340 g/mol. The summed E-state index contributed by atoms with van der Waals surface area (Å²) in [4.78, 5) is 14.4. The van der Waals surface area contributed by atoms with Crippen LogP contribution in [0.3, 0.4) is 0 Å². The predicted octanol–water partition coefficient (Wildman–Crippen LogP) is 2.80. The van der Waals surface area contributed by atoms with Gasteiger partial charge < -0.3 is 15.0 Å². The number of hydrogen-bond donors (Lipinski definition) is 1. The predicted molar refractivity (Wildman–Crippen MR) is 98.1 cm³/mol. The SMILES string of the molecule is COc1cc(C)c(NC(=O)N2CCC3CCC(C2)S3(=O)=O)c(C)c1C. The van der Waals surface area contributed by atoms with Crippen LogP contribution >= 0.6 is 0 Å². The van der Waals surface area contributed by atoms with Gasteiger partial charge in [0.05, 0.1) is 17.6 Å². The highest BCUT2D eigenvalue weighted by Crippen LogP contribution is 2.34. The lowest BCUT2D eigenvalue weighted by atomic mass is 10.0. The quantitative estimate of drug-likeness (QED) is 0.873. The number of anilines is 1. The van der Waals surface area contributed by atoms with Crippen molar-refractivity contribution < 1.29 is 17.9 Å². The van der Waals surface area contributed by atoms with Crippen LogP contribution in [0, 0.1) is 20.8 Å². The average Bonchev–Trinajstić information content (AvgIpc) is 2.74. The van der Waals surface area contributed by atoms with Crippen LogP contribution in [0.2, 0.25) is 0 Å². The summed E-state index contributed by atoms with van der Waals surface area (Å²) < 4.78 is 30.1. The fraction of sp³-hybridized carbons (Fsp3) is 0.611. The van der Waals surface area contributed by atoms with Crippen molar-refractivity contribution in [2.75, 3.05) is 25.5 Å². The highest BCUT2D eigenvalue weighted by Gasteiger charge is 2.44. The number of sulfone groups is 1. The summed E-state index contributed by atoms with van der Waals surface area (Å²) in [5.41, 5.74) is 3.66. The van der Waals surface area contributed by atoms with E-state index in [4.69, 9.17) is 4.74 Å². The van der Waals surface area contributed by atoms with Crippen molar-refractivity contribution in [1.29, 1.82) is 0 Å². The van der Waals surface area contributed by atoms with E-state index < -0.39 is 15.1 Å². The van der Waals surface area contributed by atoms with Gasteiger partial charge in [-0.25, -0.2) is 13.2 Å². The van der Waals surface area contributed by atoms with Gasteiger partial charge in [-0.3, -0.25) is 0 Å². The maximum Gasteiger partial charge on any atom is 0.321 e. The second kappa shape index (κ2) is 6.52. The van der Waals surface area contributed by atoms with Gasteiger partial charge in [-0.05, 0) is 62.8 Å². The third-order valence-electron chi connectivity index (χ3n) is 5.67. The van der Waals surface area contributed by atoms with Crippen LogP contribution in [0.1, 0.15) is 36.0 Å². The van der Waals surface area contributed by atoms with Gasteiger partial charge in [-0.2, -0.15) is 0 Å². The molecule has 2 saturated heterocycles. The minimum Gasteiger partial charge on any atom is -0.496 e. The van der Waals surface area contributed by atoms with Gasteiger partial charge in [-0.1, -0.05) is 0 Å². The molecule has 0 saturated carbocycles. The van der Waals surface area contributed by atoms with E-state index in [1.165, 1.54) is 0 Å². The van der Waals surface area contributed by atoms with E-state index in [0.717, 1.165) is 34.5 Å². The first-order valence-electron chi connectivity index (χ1n) is 8.69. The third-order valence-corrected chi connectivity index (χ3v) is 8.39. The number of ether oxygens (including phenoxy) is 1. The smallest absolute Gasteiger partial charge is 0.321 e. The number of likely N-dealkylation sites (tertiary alicyclic amines) is 1. The zero-order valence-corrected chi connectivity index (χ0v) is 16.1. The number of amides is 2. The monoisotopic (exact) mass is 366 g/mol. The second-order valence-electron chi connectivity index (χ2n) is 7.10. The summed E-state index contributed by atoms with van der Waals surface area (Å²) in [6, 6.07) is 1.69. The average molecular weight is 366 g/mol. The number of carbonyl (C=O) groups excluding carboxylic acids is 1. The van der Waals surface area contributed by atoms with E-state index in [1.54, 1.807) is 12.0 Å². The Labute approximate surface area is 149 Å². The highest BCUT2D eigenvalue weighted by molar-refractivity contribution is 7.93. The molecule has 2 atom stereocenters. The van der Waals surface area contributed by atoms with Crippen molar-refractivity contribution in [3.8, 4) is 5.75 Å². The number of fused-ring (bicyclic) bond motifs is 2. The Hall–Kier alpha value is -1.76. The van der Waals surface area contributed by atoms with Crippen LogP contribution in [0.4, 0.5) is 10.5 Å². The largest absolute Gasteiger partial charge is 0.496 e. The zero-order chi connectivity index (χ0) is 18.4. The van der Waals surface area contributed by atoms with Crippen LogP contribution < -0.4 is 10.1 Å². The van der Waals surface area contributed by atoms with Gasteiger partial charge in [-0.15, -0.1) is 0 Å². The topological polar surface area (TPSA) is 75.7 Å². The van der Waals surface area contributed by atoms with Crippen LogP contribution in [0.5, 0.6) is 5.75 Å². The molecule has 3 rings (SSSR count). The molecule has 2 heterocycles. The van der Waals surface area contributed by atoms with E-state index in [-0.39, 0.29) is 17.8 Å². The normalized spacial score (nSPS) is 24.7. The van der Waals surface area contributed by atoms with Crippen molar-refractivity contribution in [1.82, 2.24) is 4.90 Å². The van der Waals surface area contributed by atoms with Crippen molar-refractivity contribution in [3.05, 3.63) is 22.8 Å². The molecule has 6 nitrogen and oxygen atoms in total. The van der Waals surface area contributed by atoms with Gasteiger partial charge in [0, 0.05) is 18.8 Å². The number of hydrogen-bond acceptors (Lipinski definition) is 4. The highest BCUT2D eigenvalue weighted by atomic mass is 32.2. The Morgan fingerprint density at radius 3 is 2.52 bits per heavy atom. The standard InChI is InChI=1S/C18H26N2O4S/c1-11-9-16(24-4)12(2)13(3)17(11)19-18(21)20-8-7-14-5-6-15(10-20)25(14,22)23/h9,14-15H,5-8,10H2,1-4H3,(H,19,21). The first-order valence-corrected chi connectivity index (χ1v) is 10.3. The van der Waals surface area contributed by atoms with Gasteiger partial charge in [0.25, 0.3) is 0 Å². The molecule has 1 N–H and O–H groups in total. The molecule has 138 valence electrons. The molecule has 2 unspecified atom stereocenters. The molecule has 25 heavy (non-hydrogen) atoms. The van der Waals surface area contributed by atoms with Crippen molar-refractivity contribution >= 4 is 21.6 Å². The zero-order valence-electron chi connectivity index (χ0n) is 15.3. The Balaban J connectivity index is 1.81. The molecule has 2 aliphatic rings. The molecule has 0 radical (unpaired) electrons. The van der Waals surface area contributed by atoms with Gasteiger partial charge in [0.2, 0.25) is 0 Å². The lowest BCUT2D eigenvalue weighted by molar-refractivity contribution is 0.209. The number of nitrogens with zero attached hydrogens (tertiary/aromatic N) is 1. The number of benzene rings is 1. The summed E-state index contributed by atoms with van der Waals surface area (Å²) in [6.45, 7) is 6.62. The van der Waals surface area contributed by atoms with Crippen LogP contribution in [0.25, 0.3) is 0 Å². The Morgan fingerprint density at radius 1 is 1.16 bits per heavy atom. The summed E-state index contributed by atoms with van der Waals surface area (Å²) in [5, 5.41) is 2.30. The van der Waals surface area contributed by atoms with Crippen molar-refractivity contribution in [2.45, 2.75) is 50.5 Å². The molecule has 1 aromatic carbocycles. The van der Waals surface area contributed by atoms with Gasteiger partial charge in [0.1, 0.15) is 5.75 Å². The minimum atomic E-state index is -3.08. The van der Waals surface area contributed by atoms with E-state index >= 15 is 0 Å². The summed E-state index contributed by atoms with van der Waals surface area (Å²) >= 11 is 0. The van der Waals surface area contributed by atoms with Crippen molar-refractivity contribution in [3.63, 3.8) is 0 Å². The second-order valence-corrected chi connectivity index (χ2v) is 9.61. The summed E-state index contributed by atoms with van der Waals surface area (Å²) in [7, 11) is -1.44. The van der Waals surface area contributed by atoms with Gasteiger partial charge in [0.15, 0.2) is 9.84 Å². The molecule has 0 aromatic heterocycles. The number of aryl methyl sites for hydroxylation is 1. The molecule has 0 aliphatic carbocycles. The summed E-state index contributed by atoms with van der Waals surface area (Å²) in [6.07, 6.45) is 1.93. The number of nitrogens with one attached hydrogen (secondary N) is 1.